The molecule has 1 rings (SSSR count). The van der Waals surface area contributed by atoms with E-state index in [1.165, 1.54) is 0 Å². The van der Waals surface area contributed by atoms with Gasteiger partial charge in [0, 0.05) is 5.56 Å². The SMILES string of the molecule is COc1nnccc1C(C)C(C)C. The van der Waals surface area contributed by atoms with Crippen molar-refractivity contribution in [2.45, 2.75) is 26.7 Å². The van der Waals surface area contributed by atoms with Crippen LogP contribution in [-0.2, 0) is 0 Å². The van der Waals surface area contributed by atoms with Crippen molar-refractivity contribution >= 4 is 0 Å². The Labute approximate surface area is 79.1 Å². The fourth-order valence-electron chi connectivity index (χ4n) is 1.19. The van der Waals surface area contributed by atoms with Crippen molar-refractivity contribution < 1.29 is 4.74 Å². The molecule has 1 aromatic rings. The Morgan fingerprint density at radius 2 is 2.00 bits per heavy atom. The lowest BCUT2D eigenvalue weighted by molar-refractivity contribution is 0.376. The van der Waals surface area contributed by atoms with Gasteiger partial charge in [-0.15, -0.1) is 5.10 Å². The average Bonchev–Trinajstić information content (AvgIpc) is 2.16. The van der Waals surface area contributed by atoms with Gasteiger partial charge in [0.15, 0.2) is 0 Å². The lowest BCUT2D eigenvalue weighted by Crippen LogP contribution is -2.05. The van der Waals surface area contributed by atoms with Gasteiger partial charge in [0.05, 0.1) is 13.3 Å². The fourth-order valence-corrected chi connectivity index (χ4v) is 1.19. The van der Waals surface area contributed by atoms with Crippen LogP contribution in [0.2, 0.25) is 0 Å². The molecule has 0 aliphatic heterocycles. The highest BCUT2D eigenvalue weighted by Crippen LogP contribution is 2.28. The van der Waals surface area contributed by atoms with Crippen molar-refractivity contribution in [3.63, 3.8) is 0 Å². The summed E-state index contributed by atoms with van der Waals surface area (Å²) in [6, 6.07) is 1.97. The van der Waals surface area contributed by atoms with Crippen LogP contribution in [0, 0.1) is 5.92 Å². The molecular formula is C10H16N2O. The molecule has 3 heteroatoms. The van der Waals surface area contributed by atoms with E-state index in [9.17, 15) is 0 Å². The molecule has 0 N–H and O–H groups in total. The summed E-state index contributed by atoms with van der Waals surface area (Å²) in [5, 5.41) is 7.71. The summed E-state index contributed by atoms with van der Waals surface area (Å²) in [6.07, 6.45) is 1.71. The first-order chi connectivity index (χ1) is 6.16. The smallest absolute Gasteiger partial charge is 0.236 e. The van der Waals surface area contributed by atoms with E-state index in [1.54, 1.807) is 13.3 Å². The molecule has 0 spiro atoms. The van der Waals surface area contributed by atoms with Crippen LogP contribution in [0.1, 0.15) is 32.3 Å². The minimum atomic E-state index is 0.449. The molecule has 1 aromatic heterocycles. The first kappa shape index (κ1) is 9.96. The molecule has 0 saturated carbocycles. The van der Waals surface area contributed by atoms with Gasteiger partial charge in [0.25, 0.3) is 0 Å². The van der Waals surface area contributed by atoms with Gasteiger partial charge < -0.3 is 4.74 Å². The van der Waals surface area contributed by atoms with Gasteiger partial charge in [-0.05, 0) is 17.9 Å². The van der Waals surface area contributed by atoms with Gasteiger partial charge in [-0.1, -0.05) is 20.8 Å². The highest BCUT2D eigenvalue weighted by Gasteiger charge is 2.15. The van der Waals surface area contributed by atoms with Gasteiger partial charge in [-0.25, -0.2) is 0 Å². The van der Waals surface area contributed by atoms with Crippen molar-refractivity contribution in [3.8, 4) is 5.88 Å². The fraction of sp³-hybridized carbons (Fsp3) is 0.600. The second kappa shape index (κ2) is 4.21. The highest BCUT2D eigenvalue weighted by atomic mass is 16.5. The summed E-state index contributed by atoms with van der Waals surface area (Å²) in [5.74, 6) is 1.67. The molecule has 72 valence electrons. The first-order valence-electron chi connectivity index (χ1n) is 4.52. The van der Waals surface area contributed by atoms with Crippen molar-refractivity contribution in [1.29, 1.82) is 0 Å². The Bertz CT molecular complexity index is 273. The van der Waals surface area contributed by atoms with Crippen molar-refractivity contribution in [3.05, 3.63) is 17.8 Å². The molecule has 13 heavy (non-hydrogen) atoms. The molecule has 1 atom stereocenters. The molecular weight excluding hydrogens is 164 g/mol. The van der Waals surface area contributed by atoms with Crippen LogP contribution < -0.4 is 4.74 Å². The molecule has 0 radical (unpaired) electrons. The summed E-state index contributed by atoms with van der Waals surface area (Å²) in [6.45, 7) is 6.54. The number of aromatic nitrogens is 2. The Kier molecular flexibility index (Phi) is 3.23. The van der Waals surface area contributed by atoms with E-state index in [2.05, 4.69) is 31.0 Å². The Hall–Kier alpha value is -1.12. The highest BCUT2D eigenvalue weighted by molar-refractivity contribution is 5.27. The van der Waals surface area contributed by atoms with Crippen LogP contribution in [0.25, 0.3) is 0 Å². The molecule has 0 aliphatic carbocycles. The lowest BCUT2D eigenvalue weighted by Gasteiger charge is -2.16. The third-order valence-electron chi connectivity index (χ3n) is 2.40. The van der Waals surface area contributed by atoms with Gasteiger partial charge in [-0.3, -0.25) is 0 Å². The lowest BCUT2D eigenvalue weighted by atomic mass is 9.91. The molecule has 0 aliphatic rings. The van der Waals surface area contributed by atoms with Crippen LogP contribution in [0.4, 0.5) is 0 Å². The monoisotopic (exact) mass is 180 g/mol. The Morgan fingerprint density at radius 1 is 1.31 bits per heavy atom. The molecule has 1 heterocycles. The minimum Gasteiger partial charge on any atom is -0.480 e. The predicted molar refractivity (Wildman–Crippen MR) is 51.8 cm³/mol. The molecule has 1 unspecified atom stereocenters. The number of hydrogen-bond donors (Lipinski definition) is 0. The number of rotatable bonds is 3. The summed E-state index contributed by atoms with van der Waals surface area (Å²) >= 11 is 0. The minimum absolute atomic E-state index is 0.449. The van der Waals surface area contributed by atoms with Crippen LogP contribution in [0.15, 0.2) is 12.3 Å². The van der Waals surface area contributed by atoms with Gasteiger partial charge in [0.1, 0.15) is 0 Å². The van der Waals surface area contributed by atoms with E-state index >= 15 is 0 Å². The van der Waals surface area contributed by atoms with E-state index in [-0.39, 0.29) is 0 Å². The van der Waals surface area contributed by atoms with Gasteiger partial charge in [0.2, 0.25) is 5.88 Å². The third-order valence-corrected chi connectivity index (χ3v) is 2.40. The van der Waals surface area contributed by atoms with Crippen molar-refractivity contribution in [2.75, 3.05) is 7.11 Å². The topological polar surface area (TPSA) is 35.0 Å². The molecule has 0 amide bonds. The average molecular weight is 180 g/mol. The maximum absolute atomic E-state index is 5.14. The Balaban J connectivity index is 2.98. The normalized spacial score (nSPS) is 13.0. The standard InChI is InChI=1S/C10H16N2O/c1-7(2)8(3)9-5-6-11-12-10(9)13-4/h5-8H,1-4H3. The van der Waals surface area contributed by atoms with Crippen LogP contribution in [-0.4, -0.2) is 17.3 Å². The zero-order valence-corrected chi connectivity index (χ0v) is 8.61. The van der Waals surface area contributed by atoms with E-state index in [0.717, 1.165) is 5.56 Å². The van der Waals surface area contributed by atoms with E-state index < -0.39 is 0 Å². The molecule has 0 bridgehead atoms. The zero-order chi connectivity index (χ0) is 9.84. The third kappa shape index (κ3) is 2.17. The first-order valence-corrected chi connectivity index (χ1v) is 4.52. The number of hydrogen-bond acceptors (Lipinski definition) is 3. The second-order valence-electron chi connectivity index (χ2n) is 3.53. The molecule has 0 aromatic carbocycles. The quantitative estimate of drug-likeness (QED) is 0.715. The van der Waals surface area contributed by atoms with Crippen LogP contribution >= 0.6 is 0 Å². The van der Waals surface area contributed by atoms with Gasteiger partial charge in [-0.2, -0.15) is 5.10 Å². The number of nitrogens with zero attached hydrogens (tertiary/aromatic N) is 2. The zero-order valence-electron chi connectivity index (χ0n) is 8.61. The maximum atomic E-state index is 5.14. The summed E-state index contributed by atoms with van der Waals surface area (Å²) in [4.78, 5) is 0. The van der Waals surface area contributed by atoms with E-state index in [0.29, 0.717) is 17.7 Å². The van der Waals surface area contributed by atoms with Crippen LogP contribution in [0.3, 0.4) is 0 Å². The van der Waals surface area contributed by atoms with E-state index in [4.69, 9.17) is 4.74 Å². The van der Waals surface area contributed by atoms with Crippen LogP contribution in [0.5, 0.6) is 5.88 Å². The molecule has 0 saturated heterocycles. The Morgan fingerprint density at radius 3 is 2.54 bits per heavy atom. The van der Waals surface area contributed by atoms with Crippen molar-refractivity contribution in [2.24, 2.45) is 5.92 Å². The maximum Gasteiger partial charge on any atom is 0.236 e. The molecule has 0 fully saturated rings. The second-order valence-corrected chi connectivity index (χ2v) is 3.53. The molecule has 3 nitrogen and oxygen atoms in total. The predicted octanol–water partition coefficient (Wildman–Crippen LogP) is 2.24. The van der Waals surface area contributed by atoms with Crippen molar-refractivity contribution in [1.82, 2.24) is 10.2 Å². The number of ether oxygens (including phenoxy) is 1. The van der Waals surface area contributed by atoms with E-state index in [1.807, 2.05) is 6.07 Å². The summed E-state index contributed by atoms with van der Waals surface area (Å²) in [5.41, 5.74) is 1.13. The van der Waals surface area contributed by atoms with Gasteiger partial charge >= 0.3 is 0 Å². The summed E-state index contributed by atoms with van der Waals surface area (Å²) in [7, 11) is 1.63. The number of methoxy groups -OCH3 is 1. The summed E-state index contributed by atoms with van der Waals surface area (Å²) < 4.78 is 5.14. The largest absolute Gasteiger partial charge is 0.480 e.